The summed E-state index contributed by atoms with van der Waals surface area (Å²) in [7, 11) is -4.67. The standard InChI is InChI=1S/HNO3.4H3N.H2O4S/c2-1(3)4;;;;;1-5(2,3)4/h(H,2,3,4);4*1H3;(H2,1,2,3,4). The Labute approximate surface area is 74.0 Å². The number of hydrogen-bond acceptors (Lipinski definition) is 8. The first-order valence-electron chi connectivity index (χ1n) is 1.26. The second-order valence-corrected chi connectivity index (χ2v) is 1.58. The number of rotatable bonds is 0. The molecule has 0 radical (unpaired) electrons. The molecule has 0 unspecified atom stereocenters. The summed E-state index contributed by atoms with van der Waals surface area (Å²) in [4.78, 5) is 8.36. The molecule has 0 aliphatic heterocycles. The van der Waals surface area contributed by atoms with E-state index in [2.05, 4.69) is 0 Å². The van der Waals surface area contributed by atoms with Crippen molar-refractivity contribution in [2.24, 2.45) is 0 Å². The third-order valence-corrected chi connectivity index (χ3v) is 0. The van der Waals surface area contributed by atoms with Crippen LogP contribution in [0, 0.1) is 10.1 Å². The van der Waals surface area contributed by atoms with Gasteiger partial charge in [-0.25, -0.2) is 0 Å². The van der Waals surface area contributed by atoms with Gasteiger partial charge in [-0.3, -0.25) is 9.11 Å². The molecule has 12 nitrogen and oxygen atoms in total. The van der Waals surface area contributed by atoms with E-state index in [0.717, 1.165) is 0 Å². The first kappa shape index (κ1) is 40.6. The van der Waals surface area contributed by atoms with Crippen molar-refractivity contribution in [3.63, 3.8) is 0 Å². The van der Waals surface area contributed by atoms with E-state index in [0.29, 0.717) is 0 Å². The molecule has 0 fully saturated rings. The lowest BCUT2D eigenvalue weighted by atomic mass is 13.1. The number of nitrogens with zero attached hydrogens (tertiary/aromatic N) is 1. The SMILES string of the molecule is N.N.N.N.O=S(=O)(O)O.O=[N+]([O-])O. The van der Waals surface area contributed by atoms with Crippen LogP contribution in [0.4, 0.5) is 0 Å². The molecule has 0 saturated heterocycles. The van der Waals surface area contributed by atoms with Gasteiger partial charge in [0.15, 0.2) is 0 Å². The Bertz CT molecular complexity index is 159. The van der Waals surface area contributed by atoms with Gasteiger partial charge in [-0.2, -0.15) is 8.42 Å². The van der Waals surface area contributed by atoms with Crippen molar-refractivity contribution in [1.82, 2.24) is 24.6 Å². The van der Waals surface area contributed by atoms with Gasteiger partial charge < -0.3 is 29.8 Å². The predicted octanol–water partition coefficient (Wildman–Crippen LogP) is -0.352. The average molecular weight is 229 g/mol. The van der Waals surface area contributed by atoms with Gasteiger partial charge in [-0.05, 0) is 0 Å². The van der Waals surface area contributed by atoms with Crippen LogP contribution in [0.1, 0.15) is 0 Å². The summed E-state index contributed by atoms with van der Waals surface area (Å²) in [6.45, 7) is 0. The molecule has 0 spiro atoms. The van der Waals surface area contributed by atoms with Crippen LogP contribution in [-0.2, 0) is 10.4 Å². The lowest BCUT2D eigenvalue weighted by molar-refractivity contribution is -0.742. The maximum absolute atomic E-state index is 8.74. The maximum atomic E-state index is 8.74. The summed E-state index contributed by atoms with van der Waals surface area (Å²) in [5.74, 6) is 0. The lowest BCUT2D eigenvalue weighted by Gasteiger charge is -1.68. The summed E-state index contributed by atoms with van der Waals surface area (Å²) in [5.41, 5.74) is 0. The van der Waals surface area contributed by atoms with E-state index in [-0.39, 0.29) is 24.6 Å². The molecular formula is H15N5O7S. The summed E-state index contributed by atoms with van der Waals surface area (Å²) < 4.78 is 31.6. The van der Waals surface area contributed by atoms with E-state index in [1.54, 1.807) is 0 Å². The molecule has 13 heavy (non-hydrogen) atoms. The number of hydrogen-bond donors (Lipinski definition) is 7. The van der Waals surface area contributed by atoms with Crippen molar-refractivity contribution in [2.75, 3.05) is 0 Å². The normalized spacial score (nSPS) is 6.31. The van der Waals surface area contributed by atoms with Crippen molar-refractivity contribution >= 4 is 10.4 Å². The molecule has 15 N–H and O–H groups in total. The average Bonchev–Trinajstić information content (AvgIpc) is 1.19. The van der Waals surface area contributed by atoms with Crippen LogP contribution in [0.25, 0.3) is 0 Å². The summed E-state index contributed by atoms with van der Waals surface area (Å²) >= 11 is 0. The van der Waals surface area contributed by atoms with Gasteiger partial charge in [0, 0.05) is 0 Å². The Balaban J connectivity index is -0.0000000146. The van der Waals surface area contributed by atoms with Crippen LogP contribution in [-0.4, -0.2) is 27.8 Å². The molecule has 0 heterocycles. The van der Waals surface area contributed by atoms with Crippen LogP contribution >= 0.6 is 0 Å². The Morgan fingerprint density at radius 3 is 1.00 bits per heavy atom. The Morgan fingerprint density at radius 2 is 1.00 bits per heavy atom. The van der Waals surface area contributed by atoms with Crippen molar-refractivity contribution in [2.45, 2.75) is 0 Å². The predicted molar refractivity (Wildman–Crippen MR) is 43.0 cm³/mol. The lowest BCUT2D eigenvalue weighted by Crippen LogP contribution is -1.89. The molecule has 0 rings (SSSR count). The van der Waals surface area contributed by atoms with E-state index in [4.69, 9.17) is 32.8 Å². The third-order valence-electron chi connectivity index (χ3n) is 0. The molecular weight excluding hydrogens is 214 g/mol. The summed E-state index contributed by atoms with van der Waals surface area (Å²) in [5, 5.41) is 13.6. The fourth-order valence-electron chi connectivity index (χ4n) is 0. The van der Waals surface area contributed by atoms with E-state index >= 15 is 0 Å². The van der Waals surface area contributed by atoms with E-state index < -0.39 is 15.5 Å². The molecule has 0 aliphatic rings. The fourth-order valence-corrected chi connectivity index (χ4v) is 0. The molecule has 0 amide bonds. The first-order chi connectivity index (χ1) is 3.73. The van der Waals surface area contributed by atoms with Crippen molar-refractivity contribution in [3.05, 3.63) is 10.1 Å². The summed E-state index contributed by atoms with van der Waals surface area (Å²) in [6.07, 6.45) is 0. The zero-order valence-corrected chi connectivity index (χ0v) is 7.48. The highest BCUT2D eigenvalue weighted by Crippen LogP contribution is 1.59. The Morgan fingerprint density at radius 1 is 1.00 bits per heavy atom. The van der Waals surface area contributed by atoms with Crippen LogP contribution in [0.3, 0.4) is 0 Å². The third kappa shape index (κ3) is 729. The highest BCUT2D eigenvalue weighted by atomic mass is 32.3. The van der Waals surface area contributed by atoms with Crippen LogP contribution in [0.2, 0.25) is 0 Å². The van der Waals surface area contributed by atoms with Crippen molar-refractivity contribution < 1.29 is 27.8 Å². The summed E-state index contributed by atoms with van der Waals surface area (Å²) in [6, 6.07) is 0. The van der Waals surface area contributed by atoms with Crippen LogP contribution < -0.4 is 24.6 Å². The highest BCUT2D eigenvalue weighted by Gasteiger charge is 1.84. The van der Waals surface area contributed by atoms with Crippen LogP contribution in [0.15, 0.2) is 0 Å². The zero-order valence-electron chi connectivity index (χ0n) is 6.66. The molecule has 13 heteroatoms. The topological polar surface area (TPSA) is 278 Å². The molecule has 0 bridgehead atoms. The highest BCUT2D eigenvalue weighted by molar-refractivity contribution is 7.79. The van der Waals surface area contributed by atoms with E-state index in [1.807, 2.05) is 0 Å². The van der Waals surface area contributed by atoms with Gasteiger partial charge in [0.25, 0.3) is 5.09 Å². The zero-order chi connectivity index (χ0) is 8.08. The van der Waals surface area contributed by atoms with Crippen LogP contribution in [0.5, 0.6) is 0 Å². The monoisotopic (exact) mass is 229 g/mol. The Kier molecular flexibility index (Phi) is 53.5. The van der Waals surface area contributed by atoms with Crippen molar-refractivity contribution in [1.29, 1.82) is 0 Å². The largest absolute Gasteiger partial charge is 0.394 e. The Hall–Kier alpha value is -1.09. The fraction of sp³-hybridized carbons (Fsp3) is 0. The van der Waals surface area contributed by atoms with Gasteiger partial charge in [0.05, 0.1) is 0 Å². The van der Waals surface area contributed by atoms with Gasteiger partial charge in [0.1, 0.15) is 0 Å². The molecule has 0 aromatic rings. The molecule has 88 valence electrons. The van der Waals surface area contributed by atoms with Gasteiger partial charge in [-0.1, -0.05) is 0 Å². The van der Waals surface area contributed by atoms with E-state index in [9.17, 15) is 0 Å². The first-order valence-corrected chi connectivity index (χ1v) is 2.66. The smallest absolute Gasteiger partial charge is 0.344 e. The molecule has 0 atom stereocenters. The minimum Gasteiger partial charge on any atom is -0.344 e. The maximum Gasteiger partial charge on any atom is 0.394 e. The molecule has 0 aromatic carbocycles. The molecule has 0 aliphatic carbocycles. The second kappa shape index (κ2) is 17.1. The molecule has 0 aromatic heterocycles. The quantitative estimate of drug-likeness (QED) is 0.160. The van der Waals surface area contributed by atoms with Gasteiger partial charge in [0.2, 0.25) is 0 Å². The molecule has 0 saturated carbocycles. The van der Waals surface area contributed by atoms with Gasteiger partial charge >= 0.3 is 10.4 Å². The minimum atomic E-state index is -4.67. The van der Waals surface area contributed by atoms with Gasteiger partial charge in [-0.15, -0.1) is 10.1 Å². The van der Waals surface area contributed by atoms with Crippen molar-refractivity contribution in [3.8, 4) is 0 Å². The van der Waals surface area contributed by atoms with E-state index in [1.165, 1.54) is 0 Å². The second-order valence-electron chi connectivity index (χ2n) is 0.686. The minimum absolute atomic E-state index is 0.